The smallest absolute Gasteiger partial charge is 0.129 e. The average Bonchev–Trinajstić information content (AvgIpc) is 2.77. The number of aromatic nitrogens is 3. The van der Waals surface area contributed by atoms with Gasteiger partial charge in [-0.05, 0) is 29.8 Å². The maximum atomic E-state index is 6.16. The number of aryl methyl sites for hydroxylation is 1. The molecule has 0 amide bonds. The monoisotopic (exact) mass is 284 g/mol. The fourth-order valence-corrected chi connectivity index (χ4v) is 2.28. The Hall–Kier alpha value is -2.33. The number of hydrogen-bond donors (Lipinski definition) is 1. The zero-order valence-corrected chi connectivity index (χ0v) is 11.7. The molecule has 2 N–H and O–H groups in total. The molecule has 0 saturated carbocycles. The van der Waals surface area contributed by atoms with Crippen molar-refractivity contribution in [1.82, 2.24) is 14.8 Å². The molecule has 4 nitrogen and oxygen atoms in total. The number of nitrogens with two attached hydrogens (primary N) is 1. The van der Waals surface area contributed by atoms with Crippen molar-refractivity contribution < 1.29 is 0 Å². The standard InChI is InChI=1S/C15H13ClN4/c1-20-15(17)13(10-2-4-12(16)5-3-10)14(19-20)11-6-8-18-9-7-11/h2-9H,17H2,1H3. The molecule has 100 valence electrons. The Morgan fingerprint density at radius 2 is 1.65 bits per heavy atom. The minimum atomic E-state index is 0.624. The number of hydrogen-bond acceptors (Lipinski definition) is 3. The van der Waals surface area contributed by atoms with Crippen molar-refractivity contribution in [2.24, 2.45) is 7.05 Å². The number of halogens is 1. The highest BCUT2D eigenvalue weighted by molar-refractivity contribution is 6.30. The maximum Gasteiger partial charge on any atom is 0.129 e. The molecule has 3 aromatic rings. The molecule has 2 aromatic heterocycles. The molecular formula is C15H13ClN4. The van der Waals surface area contributed by atoms with Crippen LogP contribution in [-0.2, 0) is 7.05 Å². The normalized spacial score (nSPS) is 10.7. The molecule has 0 radical (unpaired) electrons. The molecule has 0 fully saturated rings. The minimum absolute atomic E-state index is 0.624. The largest absolute Gasteiger partial charge is 0.383 e. The van der Waals surface area contributed by atoms with Crippen molar-refractivity contribution in [3.63, 3.8) is 0 Å². The molecule has 0 saturated heterocycles. The fraction of sp³-hybridized carbons (Fsp3) is 0.0667. The lowest BCUT2D eigenvalue weighted by atomic mass is 10.0. The van der Waals surface area contributed by atoms with E-state index in [0.717, 1.165) is 22.4 Å². The van der Waals surface area contributed by atoms with E-state index in [1.54, 1.807) is 17.1 Å². The van der Waals surface area contributed by atoms with Gasteiger partial charge in [-0.25, -0.2) is 0 Å². The molecule has 0 bridgehead atoms. The molecule has 0 aliphatic rings. The van der Waals surface area contributed by atoms with Gasteiger partial charge in [-0.3, -0.25) is 9.67 Å². The van der Waals surface area contributed by atoms with Crippen molar-refractivity contribution in [2.45, 2.75) is 0 Å². The Bertz CT molecular complexity index is 733. The van der Waals surface area contributed by atoms with Gasteiger partial charge < -0.3 is 5.73 Å². The molecular weight excluding hydrogens is 272 g/mol. The topological polar surface area (TPSA) is 56.7 Å². The predicted octanol–water partition coefficient (Wildman–Crippen LogP) is 3.38. The lowest BCUT2D eigenvalue weighted by Crippen LogP contribution is -1.97. The van der Waals surface area contributed by atoms with Gasteiger partial charge in [0.15, 0.2) is 0 Å². The van der Waals surface area contributed by atoms with Gasteiger partial charge in [-0.1, -0.05) is 23.7 Å². The Kier molecular flexibility index (Phi) is 3.16. The van der Waals surface area contributed by atoms with E-state index in [-0.39, 0.29) is 0 Å². The van der Waals surface area contributed by atoms with Gasteiger partial charge in [0, 0.05) is 30.0 Å². The Morgan fingerprint density at radius 1 is 1.00 bits per heavy atom. The summed E-state index contributed by atoms with van der Waals surface area (Å²) >= 11 is 5.94. The fourth-order valence-electron chi connectivity index (χ4n) is 2.15. The summed E-state index contributed by atoms with van der Waals surface area (Å²) in [6.45, 7) is 0. The van der Waals surface area contributed by atoms with Crippen LogP contribution < -0.4 is 5.73 Å². The number of nitrogen functional groups attached to an aromatic ring is 1. The molecule has 5 heteroatoms. The second-order valence-corrected chi connectivity index (χ2v) is 4.91. The van der Waals surface area contributed by atoms with Gasteiger partial charge in [0.05, 0.1) is 5.56 Å². The van der Waals surface area contributed by atoms with Crippen molar-refractivity contribution in [1.29, 1.82) is 0 Å². The molecule has 3 rings (SSSR count). The van der Waals surface area contributed by atoms with Gasteiger partial charge in [-0.2, -0.15) is 5.10 Å². The third-order valence-corrected chi connectivity index (χ3v) is 3.43. The van der Waals surface area contributed by atoms with Gasteiger partial charge in [0.2, 0.25) is 0 Å². The first-order valence-corrected chi connectivity index (χ1v) is 6.53. The van der Waals surface area contributed by atoms with Crippen LogP contribution in [0, 0.1) is 0 Å². The molecule has 0 aliphatic carbocycles. The van der Waals surface area contributed by atoms with Crippen LogP contribution in [0.3, 0.4) is 0 Å². The van der Waals surface area contributed by atoms with E-state index in [2.05, 4.69) is 10.1 Å². The molecule has 1 aromatic carbocycles. The summed E-state index contributed by atoms with van der Waals surface area (Å²) in [5.41, 5.74) is 9.89. The first kappa shape index (κ1) is 12.7. The lowest BCUT2D eigenvalue weighted by molar-refractivity contribution is 0.782. The Labute approximate surface area is 121 Å². The SMILES string of the molecule is Cn1nc(-c2ccncc2)c(-c2ccc(Cl)cc2)c1N. The van der Waals surface area contributed by atoms with Crippen LogP contribution in [0.15, 0.2) is 48.8 Å². The highest BCUT2D eigenvalue weighted by atomic mass is 35.5. The number of nitrogens with zero attached hydrogens (tertiary/aromatic N) is 3. The van der Waals surface area contributed by atoms with Gasteiger partial charge in [0.1, 0.15) is 11.5 Å². The second kappa shape index (κ2) is 4.98. The summed E-state index contributed by atoms with van der Waals surface area (Å²) in [7, 11) is 1.83. The van der Waals surface area contributed by atoms with Crippen molar-refractivity contribution in [2.75, 3.05) is 5.73 Å². The Morgan fingerprint density at radius 3 is 2.30 bits per heavy atom. The van der Waals surface area contributed by atoms with Crippen molar-refractivity contribution >= 4 is 17.4 Å². The van der Waals surface area contributed by atoms with Crippen LogP contribution in [0.1, 0.15) is 0 Å². The lowest BCUT2D eigenvalue weighted by Gasteiger charge is -2.04. The highest BCUT2D eigenvalue weighted by Gasteiger charge is 2.17. The number of benzene rings is 1. The Balaban J connectivity index is 2.22. The maximum absolute atomic E-state index is 6.16. The number of anilines is 1. The van der Waals surface area contributed by atoms with Gasteiger partial charge >= 0.3 is 0 Å². The summed E-state index contributed by atoms with van der Waals surface area (Å²) in [4.78, 5) is 4.03. The molecule has 0 atom stereocenters. The van der Waals surface area contributed by atoms with Crippen LogP contribution in [0.5, 0.6) is 0 Å². The summed E-state index contributed by atoms with van der Waals surface area (Å²) in [6.07, 6.45) is 3.48. The summed E-state index contributed by atoms with van der Waals surface area (Å²) in [5, 5.41) is 5.21. The van der Waals surface area contributed by atoms with Gasteiger partial charge in [-0.15, -0.1) is 0 Å². The van der Waals surface area contributed by atoms with Crippen LogP contribution in [0.4, 0.5) is 5.82 Å². The van der Waals surface area contributed by atoms with E-state index in [1.165, 1.54) is 0 Å². The van der Waals surface area contributed by atoms with Crippen molar-refractivity contribution in [3.05, 3.63) is 53.8 Å². The third kappa shape index (κ3) is 2.14. The first-order valence-electron chi connectivity index (χ1n) is 6.15. The van der Waals surface area contributed by atoms with E-state index in [4.69, 9.17) is 17.3 Å². The third-order valence-electron chi connectivity index (χ3n) is 3.18. The van der Waals surface area contributed by atoms with Crippen LogP contribution in [0.2, 0.25) is 5.02 Å². The van der Waals surface area contributed by atoms with E-state index in [1.807, 2.05) is 43.4 Å². The van der Waals surface area contributed by atoms with Crippen LogP contribution in [0.25, 0.3) is 22.4 Å². The molecule has 0 spiro atoms. The average molecular weight is 285 g/mol. The van der Waals surface area contributed by atoms with E-state index in [0.29, 0.717) is 10.8 Å². The summed E-state index contributed by atoms with van der Waals surface area (Å²) in [6, 6.07) is 11.4. The summed E-state index contributed by atoms with van der Waals surface area (Å²) < 4.78 is 1.68. The molecule has 0 unspecified atom stereocenters. The van der Waals surface area contributed by atoms with Crippen LogP contribution in [-0.4, -0.2) is 14.8 Å². The van der Waals surface area contributed by atoms with E-state index < -0.39 is 0 Å². The predicted molar refractivity (Wildman–Crippen MR) is 81.3 cm³/mol. The van der Waals surface area contributed by atoms with E-state index in [9.17, 15) is 0 Å². The van der Waals surface area contributed by atoms with Crippen LogP contribution >= 0.6 is 11.6 Å². The summed E-state index contributed by atoms with van der Waals surface area (Å²) in [5.74, 6) is 0.624. The molecule has 0 aliphatic heterocycles. The first-order chi connectivity index (χ1) is 9.66. The van der Waals surface area contributed by atoms with Crippen molar-refractivity contribution in [3.8, 4) is 22.4 Å². The second-order valence-electron chi connectivity index (χ2n) is 4.48. The number of pyridine rings is 1. The molecule has 2 heterocycles. The minimum Gasteiger partial charge on any atom is -0.383 e. The molecule has 20 heavy (non-hydrogen) atoms. The number of rotatable bonds is 2. The van der Waals surface area contributed by atoms with Gasteiger partial charge in [0.25, 0.3) is 0 Å². The van der Waals surface area contributed by atoms with E-state index >= 15 is 0 Å². The zero-order valence-electron chi connectivity index (χ0n) is 10.9. The quantitative estimate of drug-likeness (QED) is 0.785. The highest BCUT2D eigenvalue weighted by Crippen LogP contribution is 2.35. The zero-order chi connectivity index (χ0) is 14.1.